The van der Waals surface area contributed by atoms with Gasteiger partial charge in [0.2, 0.25) is 0 Å². The molecule has 0 amide bonds. The highest BCUT2D eigenvalue weighted by atomic mass is 35.5. The van der Waals surface area contributed by atoms with E-state index in [9.17, 15) is 4.39 Å². The Morgan fingerprint density at radius 3 is 2.71 bits per heavy atom. The zero-order valence-corrected chi connectivity index (χ0v) is 16.3. The van der Waals surface area contributed by atoms with Crippen molar-refractivity contribution in [3.05, 3.63) is 65.3 Å². The lowest BCUT2D eigenvalue weighted by molar-refractivity contribution is 0.637. The molecule has 1 aromatic carbocycles. The van der Waals surface area contributed by atoms with Gasteiger partial charge < -0.3 is 9.88 Å². The Bertz CT molecular complexity index is 1140. The van der Waals surface area contributed by atoms with Gasteiger partial charge in [0.15, 0.2) is 5.82 Å². The first-order valence-corrected chi connectivity index (χ1v) is 9.45. The molecule has 0 aliphatic rings. The summed E-state index contributed by atoms with van der Waals surface area (Å²) in [6, 6.07) is 10.6. The summed E-state index contributed by atoms with van der Waals surface area (Å²) in [5.41, 5.74) is 3.59. The van der Waals surface area contributed by atoms with Crippen LogP contribution in [0.5, 0.6) is 0 Å². The highest BCUT2D eigenvalue weighted by Gasteiger charge is 2.16. The summed E-state index contributed by atoms with van der Waals surface area (Å²) >= 11 is 6.46. The first-order valence-electron chi connectivity index (χ1n) is 9.07. The number of anilines is 2. The van der Waals surface area contributed by atoms with Crippen molar-refractivity contribution in [1.82, 2.24) is 19.5 Å². The number of nitrogens with one attached hydrogen (secondary N) is 1. The van der Waals surface area contributed by atoms with Crippen molar-refractivity contribution in [2.45, 2.75) is 26.8 Å². The molecule has 1 N–H and O–H groups in total. The Kier molecular flexibility index (Phi) is 4.96. The van der Waals surface area contributed by atoms with Crippen molar-refractivity contribution in [3.8, 4) is 11.4 Å². The van der Waals surface area contributed by atoms with Crippen LogP contribution in [-0.4, -0.2) is 19.5 Å². The second-order valence-electron chi connectivity index (χ2n) is 6.56. The average Bonchev–Trinajstić information content (AvgIpc) is 3.05. The van der Waals surface area contributed by atoms with Gasteiger partial charge in [0.25, 0.3) is 0 Å². The molecule has 0 bridgehead atoms. The minimum absolute atomic E-state index is 0.335. The Hall–Kier alpha value is -2.99. The average molecular weight is 396 g/mol. The topological polar surface area (TPSA) is 55.6 Å². The largest absolute Gasteiger partial charge is 0.338 e. The van der Waals surface area contributed by atoms with E-state index in [2.05, 4.69) is 27.2 Å². The maximum absolute atomic E-state index is 14.2. The number of hydrogen-bond acceptors (Lipinski definition) is 4. The summed E-state index contributed by atoms with van der Waals surface area (Å²) in [5.74, 6) is 0.845. The van der Waals surface area contributed by atoms with Crippen molar-refractivity contribution in [2.24, 2.45) is 0 Å². The highest BCUT2D eigenvalue weighted by Crippen LogP contribution is 2.31. The number of rotatable bonds is 5. The van der Waals surface area contributed by atoms with E-state index in [4.69, 9.17) is 11.6 Å². The first-order chi connectivity index (χ1) is 13.6. The minimum atomic E-state index is -0.335. The van der Waals surface area contributed by atoms with Gasteiger partial charge in [-0.05, 0) is 43.7 Å². The number of aryl methyl sites for hydroxylation is 2. The van der Waals surface area contributed by atoms with E-state index in [1.54, 1.807) is 24.5 Å². The second kappa shape index (κ2) is 7.56. The number of benzene rings is 1. The summed E-state index contributed by atoms with van der Waals surface area (Å²) in [6.45, 7) is 4.72. The van der Waals surface area contributed by atoms with Crippen LogP contribution < -0.4 is 5.32 Å². The van der Waals surface area contributed by atoms with Crippen LogP contribution in [0.2, 0.25) is 5.02 Å². The summed E-state index contributed by atoms with van der Waals surface area (Å²) in [6.07, 6.45) is 4.32. The fourth-order valence-corrected chi connectivity index (χ4v) is 3.33. The summed E-state index contributed by atoms with van der Waals surface area (Å²) in [4.78, 5) is 13.2. The lowest BCUT2D eigenvalue weighted by atomic mass is 10.2. The molecular weight excluding hydrogens is 377 g/mol. The van der Waals surface area contributed by atoms with Crippen LogP contribution in [0.15, 0.2) is 48.8 Å². The summed E-state index contributed by atoms with van der Waals surface area (Å²) in [5, 5.41) is 3.61. The highest BCUT2D eigenvalue weighted by molar-refractivity contribution is 6.33. The number of nitrogens with zero attached hydrogens (tertiary/aromatic N) is 4. The molecular formula is C21H19ClFN5. The van der Waals surface area contributed by atoms with Crippen LogP contribution in [0.25, 0.3) is 22.4 Å². The van der Waals surface area contributed by atoms with Gasteiger partial charge in [-0.2, -0.15) is 0 Å². The van der Waals surface area contributed by atoms with Crippen LogP contribution in [0.4, 0.5) is 15.9 Å². The van der Waals surface area contributed by atoms with Crippen LogP contribution in [0, 0.1) is 12.7 Å². The fourth-order valence-electron chi connectivity index (χ4n) is 3.11. The molecule has 0 saturated carbocycles. The number of aromatic nitrogens is 4. The van der Waals surface area contributed by atoms with Gasteiger partial charge in [-0.25, -0.2) is 14.4 Å². The Balaban J connectivity index is 1.74. The minimum Gasteiger partial charge on any atom is -0.338 e. The van der Waals surface area contributed by atoms with Gasteiger partial charge in [-0.15, -0.1) is 0 Å². The third-order valence-corrected chi connectivity index (χ3v) is 4.74. The molecule has 3 aromatic heterocycles. The smallest absolute Gasteiger partial charge is 0.151 e. The van der Waals surface area contributed by atoms with Crippen molar-refractivity contribution in [3.63, 3.8) is 0 Å². The fraction of sp³-hybridized carbons (Fsp3) is 0.190. The molecule has 0 spiro atoms. The molecule has 142 valence electrons. The van der Waals surface area contributed by atoms with E-state index < -0.39 is 0 Å². The number of para-hydroxylation sites is 1. The molecule has 0 aliphatic carbocycles. The van der Waals surface area contributed by atoms with Gasteiger partial charge in [-0.1, -0.05) is 24.6 Å². The molecule has 4 rings (SSSR count). The van der Waals surface area contributed by atoms with Gasteiger partial charge in [0.05, 0.1) is 22.4 Å². The molecule has 5 nitrogen and oxygen atoms in total. The van der Waals surface area contributed by atoms with E-state index in [1.165, 1.54) is 6.07 Å². The zero-order chi connectivity index (χ0) is 19.7. The van der Waals surface area contributed by atoms with Crippen LogP contribution >= 0.6 is 11.6 Å². The normalized spacial score (nSPS) is 11.1. The van der Waals surface area contributed by atoms with Crippen molar-refractivity contribution in [2.75, 3.05) is 5.32 Å². The molecule has 0 fully saturated rings. The lowest BCUT2D eigenvalue weighted by Crippen LogP contribution is -2.01. The molecule has 0 atom stereocenters. The standard InChI is InChI=1S/C21H19ClFN5/c1-3-9-28-18-6-4-5-17(23)19(18)27-21(28)14-10-16(22)20(25-11-14)26-15-8-7-13(2)24-12-15/h4-8,10-12H,3,9H2,1-2H3,(H,25,26). The number of fused-ring (bicyclic) bond motifs is 1. The van der Waals surface area contributed by atoms with E-state index in [1.807, 2.05) is 29.7 Å². The SMILES string of the molecule is CCCn1c(-c2cnc(Nc3ccc(C)nc3)c(Cl)c2)nc2c(F)cccc21. The molecule has 4 aromatic rings. The number of pyridine rings is 2. The van der Waals surface area contributed by atoms with Crippen LogP contribution in [0.1, 0.15) is 19.0 Å². The predicted molar refractivity (Wildman–Crippen MR) is 110 cm³/mol. The van der Waals surface area contributed by atoms with E-state index in [0.29, 0.717) is 22.2 Å². The Labute approximate surface area is 167 Å². The van der Waals surface area contributed by atoms with E-state index >= 15 is 0 Å². The maximum atomic E-state index is 14.2. The van der Waals surface area contributed by atoms with Crippen molar-refractivity contribution < 1.29 is 4.39 Å². The molecule has 0 unspecified atom stereocenters. The van der Waals surface area contributed by atoms with E-state index in [-0.39, 0.29) is 5.82 Å². The number of hydrogen-bond donors (Lipinski definition) is 1. The van der Waals surface area contributed by atoms with Crippen molar-refractivity contribution in [1.29, 1.82) is 0 Å². The monoisotopic (exact) mass is 395 g/mol. The van der Waals surface area contributed by atoms with Crippen LogP contribution in [0.3, 0.4) is 0 Å². The molecule has 7 heteroatoms. The summed E-state index contributed by atoms with van der Waals surface area (Å²) in [7, 11) is 0. The Morgan fingerprint density at radius 1 is 1.14 bits per heavy atom. The molecule has 3 heterocycles. The Morgan fingerprint density at radius 2 is 2.00 bits per heavy atom. The van der Waals surface area contributed by atoms with Gasteiger partial charge in [-0.3, -0.25) is 4.98 Å². The molecule has 28 heavy (non-hydrogen) atoms. The van der Waals surface area contributed by atoms with Gasteiger partial charge in [0.1, 0.15) is 17.2 Å². The predicted octanol–water partition coefficient (Wildman–Crippen LogP) is 5.75. The third kappa shape index (κ3) is 3.43. The second-order valence-corrected chi connectivity index (χ2v) is 6.97. The summed E-state index contributed by atoms with van der Waals surface area (Å²) < 4.78 is 16.2. The quantitative estimate of drug-likeness (QED) is 0.467. The molecule has 0 radical (unpaired) electrons. The maximum Gasteiger partial charge on any atom is 0.151 e. The number of imidazole rings is 1. The first kappa shape index (κ1) is 18.4. The molecule has 0 saturated heterocycles. The van der Waals surface area contributed by atoms with Crippen molar-refractivity contribution >= 4 is 34.1 Å². The lowest BCUT2D eigenvalue weighted by Gasteiger charge is -2.11. The van der Waals surface area contributed by atoms with Gasteiger partial charge >= 0.3 is 0 Å². The van der Waals surface area contributed by atoms with Crippen LogP contribution in [-0.2, 0) is 6.54 Å². The zero-order valence-electron chi connectivity index (χ0n) is 15.6. The van der Waals surface area contributed by atoms with E-state index in [0.717, 1.165) is 35.4 Å². The number of halogens is 2. The van der Waals surface area contributed by atoms with Gasteiger partial charge in [0, 0.05) is 24.0 Å². The molecule has 0 aliphatic heterocycles. The third-order valence-electron chi connectivity index (χ3n) is 4.45.